The van der Waals surface area contributed by atoms with Crippen molar-refractivity contribution in [1.82, 2.24) is 20.2 Å². The van der Waals surface area contributed by atoms with Gasteiger partial charge in [-0.25, -0.2) is 4.79 Å². The Morgan fingerprint density at radius 1 is 1.08 bits per heavy atom. The summed E-state index contributed by atoms with van der Waals surface area (Å²) in [6, 6.07) is 14.3. The number of hydrogen-bond donors (Lipinski definition) is 2. The number of carbonyl (C=O) groups is 1. The van der Waals surface area contributed by atoms with Crippen molar-refractivity contribution in [3.05, 3.63) is 65.7 Å². The van der Waals surface area contributed by atoms with E-state index in [1.54, 1.807) is 42.5 Å². The summed E-state index contributed by atoms with van der Waals surface area (Å²) in [6.07, 6.45) is -6.03. The normalized spacial score (nSPS) is 17.2. The Morgan fingerprint density at radius 3 is 2.51 bits per heavy atom. The van der Waals surface area contributed by atoms with Gasteiger partial charge in [0.2, 0.25) is 5.82 Å². The molecule has 2 aromatic carbocycles. The number of aromatic nitrogens is 3. The predicted molar refractivity (Wildman–Crippen MR) is 129 cm³/mol. The van der Waals surface area contributed by atoms with Crippen molar-refractivity contribution in [2.24, 2.45) is 0 Å². The van der Waals surface area contributed by atoms with E-state index < -0.39 is 47.4 Å². The van der Waals surface area contributed by atoms with Crippen molar-refractivity contribution >= 4 is 6.16 Å². The summed E-state index contributed by atoms with van der Waals surface area (Å²) in [4.78, 5) is 16.8. The van der Waals surface area contributed by atoms with Crippen LogP contribution in [0.1, 0.15) is 30.1 Å². The average Bonchev–Trinajstić information content (AvgIpc) is 3.57. The number of piperidine rings is 1. The molecule has 5 rings (SSSR count). The fourth-order valence-electron chi connectivity index (χ4n) is 4.54. The first-order valence-corrected chi connectivity index (χ1v) is 12.1. The van der Waals surface area contributed by atoms with Crippen molar-refractivity contribution < 1.29 is 42.0 Å². The summed E-state index contributed by atoms with van der Waals surface area (Å²) in [7, 11) is 0. The molecule has 0 aliphatic carbocycles. The number of aliphatic hydroxyl groups excluding tert-OH is 1. The quantitative estimate of drug-likeness (QED) is 0.296. The topological polar surface area (TPSA) is 135 Å². The van der Waals surface area contributed by atoms with Crippen molar-refractivity contribution in [3.63, 3.8) is 0 Å². The monoisotopic (exact) mass is 544 g/mol. The Bertz CT molecular complexity index is 1420. The van der Waals surface area contributed by atoms with Crippen molar-refractivity contribution in [2.45, 2.75) is 31.2 Å². The third-order valence-electron chi connectivity index (χ3n) is 6.35. The second-order valence-electron chi connectivity index (χ2n) is 9.07. The number of ether oxygens (including phenoxy) is 1. The van der Waals surface area contributed by atoms with Crippen LogP contribution in [0.5, 0.6) is 0 Å². The molecule has 0 amide bonds. The molecule has 1 saturated heterocycles. The molecule has 13 heteroatoms. The van der Waals surface area contributed by atoms with Gasteiger partial charge in [0.1, 0.15) is 11.7 Å². The van der Waals surface area contributed by atoms with Gasteiger partial charge in [0.05, 0.1) is 6.10 Å². The number of rotatable bonds is 7. The lowest BCUT2D eigenvalue weighted by Crippen LogP contribution is -2.42. The van der Waals surface area contributed by atoms with Crippen LogP contribution in [0.15, 0.2) is 63.6 Å². The van der Waals surface area contributed by atoms with Crippen LogP contribution in [0.4, 0.5) is 18.0 Å². The van der Waals surface area contributed by atoms with Gasteiger partial charge < -0.3 is 24.0 Å². The molecule has 0 spiro atoms. The molecule has 1 fully saturated rings. The third kappa shape index (κ3) is 5.94. The number of β-amino-alcohol motifs (C(OH)–C–C–N with tert-alkyl or cyclic N) is 1. The maximum Gasteiger partial charge on any atom is 0.506 e. The van der Waals surface area contributed by atoms with E-state index in [0.717, 1.165) is 6.42 Å². The van der Waals surface area contributed by atoms with Gasteiger partial charge in [-0.2, -0.15) is 18.2 Å². The molecule has 1 aliphatic rings. The Hall–Kier alpha value is -4.23. The Morgan fingerprint density at radius 2 is 1.82 bits per heavy atom. The number of alkyl halides is 3. The lowest BCUT2D eigenvalue weighted by molar-refractivity contribution is -0.136. The lowest BCUT2D eigenvalue weighted by atomic mass is 10.0. The van der Waals surface area contributed by atoms with Gasteiger partial charge >= 0.3 is 12.3 Å². The van der Waals surface area contributed by atoms with Gasteiger partial charge in [0.15, 0.2) is 11.5 Å². The highest BCUT2D eigenvalue weighted by atomic mass is 19.4. The number of halogens is 3. The van der Waals surface area contributed by atoms with Gasteiger partial charge in [-0.05, 0) is 24.9 Å². The van der Waals surface area contributed by atoms with Crippen LogP contribution in [-0.2, 0) is 10.9 Å². The molecule has 1 aliphatic heterocycles. The van der Waals surface area contributed by atoms with Gasteiger partial charge in [-0.15, -0.1) is 0 Å². The van der Waals surface area contributed by atoms with E-state index in [9.17, 15) is 23.1 Å². The molecule has 4 aromatic rings. The third-order valence-corrected chi connectivity index (χ3v) is 6.35. The number of likely N-dealkylation sites (tertiary alicyclic amines) is 1. The van der Waals surface area contributed by atoms with Crippen molar-refractivity contribution in [1.29, 1.82) is 0 Å². The van der Waals surface area contributed by atoms with Crippen LogP contribution in [0.3, 0.4) is 0 Å². The van der Waals surface area contributed by atoms with Gasteiger partial charge in [0, 0.05) is 24.2 Å². The summed E-state index contributed by atoms with van der Waals surface area (Å²) in [5, 5.41) is 26.9. The molecule has 3 heterocycles. The lowest BCUT2D eigenvalue weighted by Gasteiger charge is -2.33. The van der Waals surface area contributed by atoms with Crippen LogP contribution in [0.2, 0.25) is 0 Å². The van der Waals surface area contributed by atoms with E-state index in [4.69, 9.17) is 18.9 Å². The van der Waals surface area contributed by atoms with E-state index in [1.165, 1.54) is 12.1 Å². The molecule has 0 bridgehead atoms. The largest absolute Gasteiger partial charge is 0.506 e. The van der Waals surface area contributed by atoms with Crippen molar-refractivity contribution in [3.8, 4) is 34.3 Å². The summed E-state index contributed by atoms with van der Waals surface area (Å²) in [5.41, 5.74) is -0.483. The molecular formula is C26H23F3N4O6. The molecule has 2 aromatic heterocycles. The predicted octanol–water partition coefficient (Wildman–Crippen LogP) is 5.27. The molecule has 0 radical (unpaired) electrons. The van der Waals surface area contributed by atoms with Crippen molar-refractivity contribution in [2.75, 3.05) is 19.6 Å². The summed E-state index contributed by atoms with van der Waals surface area (Å²) in [6.45, 7) is 1.37. The summed E-state index contributed by atoms with van der Waals surface area (Å²) in [5.74, 6) is -0.866. The highest BCUT2D eigenvalue weighted by Gasteiger charge is 2.42. The number of nitrogens with zero attached hydrogens (tertiary/aromatic N) is 4. The Labute approximate surface area is 219 Å². The zero-order valence-electron chi connectivity index (χ0n) is 20.3. The minimum Gasteiger partial charge on any atom is -0.450 e. The second kappa shape index (κ2) is 10.9. The van der Waals surface area contributed by atoms with Gasteiger partial charge in [0.25, 0.3) is 5.89 Å². The van der Waals surface area contributed by atoms with E-state index in [0.29, 0.717) is 30.6 Å². The van der Waals surface area contributed by atoms with Crippen LogP contribution in [-0.4, -0.2) is 62.3 Å². The zero-order chi connectivity index (χ0) is 27.6. The van der Waals surface area contributed by atoms with Crippen LogP contribution in [0, 0.1) is 0 Å². The molecule has 204 valence electrons. The first-order chi connectivity index (χ1) is 18.7. The average molecular weight is 544 g/mol. The van der Waals surface area contributed by atoms with Gasteiger partial charge in [-0.1, -0.05) is 64.9 Å². The minimum atomic E-state index is -4.79. The van der Waals surface area contributed by atoms with E-state index in [1.807, 2.05) is 4.90 Å². The standard InChI is InChI=1S/C26H23F3N4O6/c27-26(28,29)20-21(31-38-22(20)16-5-2-1-3-6-16)24-30-23(32-39-24)17-10-8-15(9-11-17)19(34)14-33-12-4-7-18(13-33)37-25(35)36/h1-3,5-6,8-11,18-19,34H,4,7,12-14H2,(H,35,36)/t18-,19?/m0/s1. The maximum atomic E-state index is 14.0. The molecule has 0 saturated carbocycles. The first-order valence-electron chi connectivity index (χ1n) is 12.1. The molecule has 1 unspecified atom stereocenters. The number of aliphatic hydroxyl groups is 1. The Balaban J connectivity index is 1.31. The highest BCUT2D eigenvalue weighted by molar-refractivity contribution is 5.70. The molecule has 10 nitrogen and oxygen atoms in total. The zero-order valence-corrected chi connectivity index (χ0v) is 20.3. The molecule has 2 atom stereocenters. The fraction of sp³-hybridized carbons (Fsp3) is 0.308. The van der Waals surface area contributed by atoms with Crippen LogP contribution < -0.4 is 0 Å². The first kappa shape index (κ1) is 26.4. The number of hydrogen-bond acceptors (Lipinski definition) is 9. The number of carboxylic acid groups (broad SMARTS) is 1. The summed E-state index contributed by atoms with van der Waals surface area (Å²) < 4.78 is 56.9. The molecule has 39 heavy (non-hydrogen) atoms. The van der Waals surface area contributed by atoms with E-state index in [2.05, 4.69) is 15.3 Å². The maximum absolute atomic E-state index is 14.0. The highest BCUT2D eigenvalue weighted by Crippen LogP contribution is 2.43. The van der Waals surface area contributed by atoms with Crippen LogP contribution in [0.25, 0.3) is 34.3 Å². The fourth-order valence-corrected chi connectivity index (χ4v) is 4.54. The summed E-state index contributed by atoms with van der Waals surface area (Å²) >= 11 is 0. The molecular weight excluding hydrogens is 521 g/mol. The SMILES string of the molecule is O=C(O)O[C@H]1CCCN(CC(O)c2ccc(-c3noc(-c4noc(-c5ccccc5)c4C(F)(F)F)n3)cc2)C1. The minimum absolute atomic E-state index is 0.0353. The van der Waals surface area contributed by atoms with E-state index in [-0.39, 0.29) is 17.9 Å². The smallest absolute Gasteiger partial charge is 0.450 e. The Kier molecular flexibility index (Phi) is 7.35. The second-order valence-corrected chi connectivity index (χ2v) is 9.07. The van der Waals surface area contributed by atoms with Gasteiger partial charge in [-0.3, -0.25) is 4.90 Å². The number of benzene rings is 2. The van der Waals surface area contributed by atoms with E-state index >= 15 is 0 Å². The molecule has 2 N–H and O–H groups in total. The van der Waals surface area contributed by atoms with Crippen LogP contribution >= 0.6 is 0 Å².